The molecule has 0 heterocycles. The van der Waals surface area contributed by atoms with Gasteiger partial charge in [-0.3, -0.25) is 4.79 Å². The smallest absolute Gasteiger partial charge is 0.321 e. The van der Waals surface area contributed by atoms with Gasteiger partial charge in [-0.05, 0) is 96.3 Å². The van der Waals surface area contributed by atoms with E-state index in [1.165, 1.54) is 58.5 Å². The molecule has 0 saturated heterocycles. The van der Waals surface area contributed by atoms with Crippen molar-refractivity contribution in [2.75, 3.05) is 39.1 Å². The first-order valence-electron chi connectivity index (χ1n) is 13.4. The molecule has 34 heavy (non-hydrogen) atoms. The van der Waals surface area contributed by atoms with E-state index in [4.69, 9.17) is 4.74 Å². The van der Waals surface area contributed by atoms with Gasteiger partial charge in [0.25, 0.3) is 0 Å². The molecule has 1 N–H and O–H groups in total. The SMILES string of the molecule is CCCCCN(C)CCCCCCO[C@H]1CC[C@H](N(C)C(=O)Nc2ccc(C(C)=O)cc2)CC1. The molecular weight excluding hydrogens is 426 g/mol. The van der Waals surface area contributed by atoms with Gasteiger partial charge in [0.2, 0.25) is 0 Å². The van der Waals surface area contributed by atoms with Crippen molar-refractivity contribution in [2.24, 2.45) is 0 Å². The van der Waals surface area contributed by atoms with Gasteiger partial charge in [0.05, 0.1) is 6.10 Å². The monoisotopic (exact) mass is 473 g/mol. The van der Waals surface area contributed by atoms with E-state index in [1.54, 1.807) is 24.3 Å². The fraction of sp³-hybridized carbons (Fsp3) is 0.714. The van der Waals surface area contributed by atoms with Gasteiger partial charge < -0.3 is 19.9 Å². The number of benzene rings is 1. The van der Waals surface area contributed by atoms with E-state index in [2.05, 4.69) is 24.2 Å². The van der Waals surface area contributed by atoms with Crippen LogP contribution in [0.1, 0.15) is 94.8 Å². The van der Waals surface area contributed by atoms with Gasteiger partial charge in [-0.1, -0.05) is 32.6 Å². The molecular formula is C28H47N3O3. The number of hydrogen-bond donors (Lipinski definition) is 1. The topological polar surface area (TPSA) is 61.9 Å². The molecule has 2 rings (SSSR count). The second kappa shape index (κ2) is 15.9. The molecule has 192 valence electrons. The predicted octanol–water partition coefficient (Wildman–Crippen LogP) is 6.36. The standard InChI is InChI=1S/C28H47N3O3/c1-5-6-9-20-30(3)21-10-7-8-11-22-34-27-18-16-26(17-19-27)31(4)28(33)29-25-14-12-24(13-15-25)23(2)32/h12-15,26-27H,5-11,16-22H2,1-4H3,(H,29,33)/t26-,27-. The highest BCUT2D eigenvalue weighted by atomic mass is 16.5. The minimum atomic E-state index is -0.101. The molecule has 1 fully saturated rings. The Labute approximate surface area is 207 Å². The number of unbranched alkanes of at least 4 members (excludes halogenated alkanes) is 5. The highest BCUT2D eigenvalue weighted by molar-refractivity contribution is 5.95. The summed E-state index contributed by atoms with van der Waals surface area (Å²) in [5.74, 6) is 0.0231. The first kappa shape index (κ1) is 28.3. The molecule has 0 aromatic heterocycles. The zero-order valence-corrected chi connectivity index (χ0v) is 22.0. The summed E-state index contributed by atoms with van der Waals surface area (Å²) in [6.45, 7) is 7.08. The summed E-state index contributed by atoms with van der Waals surface area (Å²) in [6, 6.07) is 7.18. The summed E-state index contributed by atoms with van der Waals surface area (Å²) in [7, 11) is 4.11. The van der Waals surface area contributed by atoms with Crippen LogP contribution in [0.2, 0.25) is 0 Å². The maximum absolute atomic E-state index is 12.6. The Bertz CT molecular complexity index is 714. The Hall–Kier alpha value is -1.92. The van der Waals surface area contributed by atoms with Crippen LogP contribution in [0.4, 0.5) is 10.5 Å². The molecule has 1 aliphatic carbocycles. The lowest BCUT2D eigenvalue weighted by atomic mass is 9.92. The molecule has 6 nitrogen and oxygen atoms in total. The van der Waals surface area contributed by atoms with Gasteiger partial charge in [-0.15, -0.1) is 0 Å². The fourth-order valence-electron chi connectivity index (χ4n) is 4.60. The van der Waals surface area contributed by atoms with Gasteiger partial charge >= 0.3 is 6.03 Å². The number of hydrogen-bond acceptors (Lipinski definition) is 4. The quantitative estimate of drug-likeness (QED) is 0.238. The zero-order valence-electron chi connectivity index (χ0n) is 22.0. The number of urea groups is 1. The summed E-state index contributed by atoms with van der Waals surface area (Å²) < 4.78 is 6.13. The molecule has 0 spiro atoms. The first-order chi connectivity index (χ1) is 16.4. The van der Waals surface area contributed by atoms with Gasteiger partial charge in [-0.2, -0.15) is 0 Å². The molecule has 1 aromatic rings. The highest BCUT2D eigenvalue weighted by Gasteiger charge is 2.27. The van der Waals surface area contributed by atoms with E-state index >= 15 is 0 Å². The number of amides is 2. The number of ether oxygens (including phenoxy) is 1. The van der Waals surface area contributed by atoms with Crippen molar-refractivity contribution >= 4 is 17.5 Å². The largest absolute Gasteiger partial charge is 0.378 e. The van der Waals surface area contributed by atoms with Crippen LogP contribution in [0, 0.1) is 0 Å². The summed E-state index contributed by atoms with van der Waals surface area (Å²) in [6.07, 6.45) is 13.2. The number of anilines is 1. The lowest BCUT2D eigenvalue weighted by Gasteiger charge is -2.34. The molecule has 2 amide bonds. The molecule has 0 radical (unpaired) electrons. The van der Waals surface area contributed by atoms with E-state index in [0.29, 0.717) is 17.4 Å². The lowest BCUT2D eigenvalue weighted by Crippen LogP contribution is -2.42. The molecule has 0 aliphatic heterocycles. The fourth-order valence-corrected chi connectivity index (χ4v) is 4.60. The Morgan fingerprint density at radius 2 is 1.53 bits per heavy atom. The van der Waals surface area contributed by atoms with Crippen LogP contribution < -0.4 is 5.32 Å². The van der Waals surface area contributed by atoms with Crippen molar-refractivity contribution < 1.29 is 14.3 Å². The third-order valence-corrected chi connectivity index (χ3v) is 6.99. The average Bonchev–Trinajstić information content (AvgIpc) is 2.84. The summed E-state index contributed by atoms with van der Waals surface area (Å²) >= 11 is 0. The Morgan fingerprint density at radius 1 is 0.912 bits per heavy atom. The van der Waals surface area contributed by atoms with E-state index in [1.807, 2.05) is 11.9 Å². The Balaban J connectivity index is 1.54. The summed E-state index contributed by atoms with van der Waals surface area (Å²) in [5, 5.41) is 2.94. The normalized spacial score (nSPS) is 18.1. The van der Waals surface area contributed by atoms with Gasteiger partial charge in [-0.25, -0.2) is 4.79 Å². The van der Waals surface area contributed by atoms with Crippen molar-refractivity contribution in [3.63, 3.8) is 0 Å². The summed E-state index contributed by atoms with van der Waals surface area (Å²) in [4.78, 5) is 28.3. The van der Waals surface area contributed by atoms with E-state index in [0.717, 1.165) is 38.7 Å². The molecule has 6 heteroatoms. The van der Waals surface area contributed by atoms with E-state index < -0.39 is 0 Å². The maximum atomic E-state index is 12.6. The number of rotatable bonds is 15. The number of carbonyl (C=O) groups is 2. The van der Waals surface area contributed by atoms with Crippen molar-refractivity contribution in [2.45, 2.75) is 96.6 Å². The third kappa shape index (κ3) is 10.6. The van der Waals surface area contributed by atoms with Gasteiger partial charge in [0, 0.05) is 30.9 Å². The van der Waals surface area contributed by atoms with Crippen molar-refractivity contribution in [1.82, 2.24) is 9.80 Å². The second-order valence-electron chi connectivity index (χ2n) is 9.90. The van der Waals surface area contributed by atoms with Crippen LogP contribution in [0.5, 0.6) is 0 Å². The third-order valence-electron chi connectivity index (χ3n) is 6.99. The van der Waals surface area contributed by atoms with Crippen LogP contribution >= 0.6 is 0 Å². The lowest BCUT2D eigenvalue weighted by molar-refractivity contribution is 0.0130. The Kier molecular flexibility index (Phi) is 13.2. The molecule has 0 bridgehead atoms. The van der Waals surface area contributed by atoms with Crippen LogP contribution in [0.3, 0.4) is 0 Å². The van der Waals surface area contributed by atoms with E-state index in [9.17, 15) is 9.59 Å². The number of carbonyl (C=O) groups excluding carboxylic acids is 2. The van der Waals surface area contributed by atoms with E-state index in [-0.39, 0.29) is 17.9 Å². The summed E-state index contributed by atoms with van der Waals surface area (Å²) in [5.41, 5.74) is 1.36. The second-order valence-corrected chi connectivity index (χ2v) is 9.90. The Morgan fingerprint density at radius 3 is 2.15 bits per heavy atom. The van der Waals surface area contributed by atoms with Crippen molar-refractivity contribution in [3.05, 3.63) is 29.8 Å². The molecule has 1 aliphatic rings. The molecule has 1 saturated carbocycles. The zero-order chi connectivity index (χ0) is 24.8. The average molecular weight is 474 g/mol. The number of ketones is 1. The van der Waals surface area contributed by atoms with Crippen molar-refractivity contribution in [3.8, 4) is 0 Å². The number of Topliss-reactive ketones (excluding diaryl/α,β-unsaturated/α-hetero) is 1. The molecule has 0 atom stereocenters. The molecule has 0 unspecified atom stereocenters. The minimum absolute atomic E-state index is 0.0231. The number of nitrogens with zero attached hydrogens (tertiary/aromatic N) is 2. The highest BCUT2D eigenvalue weighted by Crippen LogP contribution is 2.25. The van der Waals surface area contributed by atoms with Crippen LogP contribution in [0.15, 0.2) is 24.3 Å². The maximum Gasteiger partial charge on any atom is 0.321 e. The van der Waals surface area contributed by atoms with Crippen molar-refractivity contribution in [1.29, 1.82) is 0 Å². The first-order valence-corrected chi connectivity index (χ1v) is 13.4. The predicted molar refractivity (Wildman–Crippen MR) is 141 cm³/mol. The van der Waals surface area contributed by atoms with Crippen LogP contribution in [-0.4, -0.2) is 67.6 Å². The molecule has 1 aromatic carbocycles. The van der Waals surface area contributed by atoms with Crippen LogP contribution in [-0.2, 0) is 4.74 Å². The number of nitrogens with one attached hydrogen (secondary N) is 1. The van der Waals surface area contributed by atoms with Gasteiger partial charge in [0.15, 0.2) is 5.78 Å². The van der Waals surface area contributed by atoms with Gasteiger partial charge in [0.1, 0.15) is 0 Å². The van der Waals surface area contributed by atoms with Crippen LogP contribution in [0.25, 0.3) is 0 Å². The minimum Gasteiger partial charge on any atom is -0.378 e.